The van der Waals surface area contributed by atoms with Crippen LogP contribution in [-0.2, 0) is 10.0 Å². The van der Waals surface area contributed by atoms with Gasteiger partial charge in [0.15, 0.2) is 5.52 Å². The number of H-pyrrole nitrogens is 2. The van der Waals surface area contributed by atoms with E-state index in [0.717, 1.165) is 0 Å². The maximum Gasteiger partial charge on any atom is 0.399 e. The van der Waals surface area contributed by atoms with Crippen molar-refractivity contribution in [1.82, 2.24) is 19.7 Å². The van der Waals surface area contributed by atoms with E-state index in [2.05, 4.69) is 30.0 Å². The van der Waals surface area contributed by atoms with Crippen molar-refractivity contribution in [2.75, 3.05) is 25.1 Å². The molecule has 1 atom stereocenters. The molecule has 2 heterocycles. The van der Waals surface area contributed by atoms with E-state index in [9.17, 15) is 13.5 Å². The number of ether oxygens (including phenoxy) is 1. The van der Waals surface area contributed by atoms with Crippen LogP contribution in [0.15, 0.2) is 35.5 Å². The summed E-state index contributed by atoms with van der Waals surface area (Å²) in [5.41, 5.74) is 1.80. The van der Waals surface area contributed by atoms with E-state index in [-0.39, 0.29) is 11.4 Å². The molecule has 4 rings (SSSR count). The van der Waals surface area contributed by atoms with Gasteiger partial charge in [-0.2, -0.15) is 0 Å². The minimum absolute atomic E-state index is 0.0365. The van der Waals surface area contributed by atoms with Crippen molar-refractivity contribution in [3.8, 4) is 5.88 Å². The second-order valence-electron chi connectivity index (χ2n) is 8.17. The summed E-state index contributed by atoms with van der Waals surface area (Å²) < 4.78 is 33.0. The molecule has 6 N–H and O–H groups in total. The van der Waals surface area contributed by atoms with Crippen molar-refractivity contribution in [2.24, 2.45) is 5.92 Å². The smallest absolute Gasteiger partial charge is 0.399 e. The number of imidazole rings is 1. The van der Waals surface area contributed by atoms with Crippen molar-refractivity contribution >= 4 is 32.8 Å². The van der Waals surface area contributed by atoms with Crippen LogP contribution >= 0.6 is 0 Å². The molecule has 0 spiro atoms. The second-order valence-corrected chi connectivity index (χ2v) is 9.94. The number of aliphatic hydroxyl groups is 2. The number of nitrogens with zero attached hydrogens (tertiary/aromatic N) is 2. The van der Waals surface area contributed by atoms with Crippen LogP contribution in [0.1, 0.15) is 32.1 Å². The Labute approximate surface area is 191 Å². The predicted molar refractivity (Wildman–Crippen MR) is 121 cm³/mol. The van der Waals surface area contributed by atoms with Crippen LogP contribution in [0.3, 0.4) is 0 Å². The molecule has 1 saturated carbocycles. The van der Waals surface area contributed by atoms with E-state index in [1.54, 1.807) is 18.5 Å². The average Bonchev–Trinajstić information content (AvgIpc) is 3.31. The zero-order valence-electron chi connectivity index (χ0n) is 18.1. The molecule has 178 valence electrons. The SMILES string of the molecule is O=S(=O)(NCC(O)CO)c1ccc(Nc2nc3nc[nH]c3c(OCC3CCCCC3)[nH+]2)cc1. The lowest BCUT2D eigenvalue weighted by atomic mass is 9.90. The molecule has 2 aromatic heterocycles. The zero-order valence-corrected chi connectivity index (χ0v) is 18.9. The van der Waals surface area contributed by atoms with Gasteiger partial charge in [0.2, 0.25) is 10.0 Å². The third kappa shape index (κ3) is 5.96. The predicted octanol–water partition coefficient (Wildman–Crippen LogP) is 1.11. The van der Waals surface area contributed by atoms with E-state index in [1.807, 2.05) is 0 Å². The Kier molecular flexibility index (Phi) is 7.38. The molecule has 11 nitrogen and oxygen atoms in total. The van der Waals surface area contributed by atoms with Crippen molar-refractivity contribution in [3.05, 3.63) is 30.6 Å². The van der Waals surface area contributed by atoms with Gasteiger partial charge in [0, 0.05) is 6.54 Å². The molecule has 1 fully saturated rings. The number of nitrogens with one attached hydrogen (secondary N) is 4. The van der Waals surface area contributed by atoms with Gasteiger partial charge in [-0.1, -0.05) is 19.3 Å². The van der Waals surface area contributed by atoms with Crippen LogP contribution in [0.5, 0.6) is 5.88 Å². The first-order valence-electron chi connectivity index (χ1n) is 11.0. The lowest BCUT2D eigenvalue weighted by molar-refractivity contribution is -0.380. The van der Waals surface area contributed by atoms with Crippen LogP contribution in [-0.4, -0.2) is 59.4 Å². The summed E-state index contributed by atoms with van der Waals surface area (Å²) in [6.07, 6.45) is 6.51. The molecule has 0 radical (unpaired) electrons. The molecule has 1 aliphatic carbocycles. The third-order valence-corrected chi connectivity index (χ3v) is 7.07. The lowest BCUT2D eigenvalue weighted by Crippen LogP contribution is -2.33. The molecule has 12 heteroatoms. The van der Waals surface area contributed by atoms with E-state index in [1.165, 1.54) is 44.2 Å². The molecule has 1 unspecified atom stereocenters. The minimum atomic E-state index is -3.81. The van der Waals surface area contributed by atoms with Crippen molar-refractivity contribution in [3.63, 3.8) is 0 Å². The Morgan fingerprint density at radius 1 is 1.21 bits per heavy atom. The van der Waals surface area contributed by atoms with Crippen molar-refractivity contribution in [2.45, 2.75) is 43.1 Å². The highest BCUT2D eigenvalue weighted by Gasteiger charge is 2.21. The highest BCUT2D eigenvalue weighted by molar-refractivity contribution is 7.89. The molecule has 3 aromatic rings. The Balaban J connectivity index is 1.46. The van der Waals surface area contributed by atoms with Gasteiger partial charge in [-0.25, -0.2) is 28.4 Å². The minimum Gasteiger partial charge on any atom is -0.466 e. The van der Waals surface area contributed by atoms with E-state index >= 15 is 0 Å². The monoisotopic (exact) mass is 477 g/mol. The summed E-state index contributed by atoms with van der Waals surface area (Å²) >= 11 is 0. The molecule has 1 aromatic carbocycles. The van der Waals surface area contributed by atoms with E-state index < -0.39 is 22.7 Å². The summed E-state index contributed by atoms with van der Waals surface area (Å²) in [5, 5.41) is 21.3. The molecule has 0 bridgehead atoms. The van der Waals surface area contributed by atoms with Crippen LogP contribution < -0.4 is 19.8 Å². The fourth-order valence-electron chi connectivity index (χ4n) is 3.77. The first kappa shape index (κ1) is 23.4. The number of fused-ring (bicyclic) bond motifs is 1. The summed E-state index contributed by atoms with van der Waals surface area (Å²) in [6.45, 7) is -0.175. The van der Waals surface area contributed by atoms with Gasteiger partial charge in [-0.05, 0) is 48.0 Å². The normalized spacial score (nSPS) is 16.1. The number of benzene rings is 1. The number of aromatic amines is 2. The van der Waals surface area contributed by atoms with E-state index in [4.69, 9.17) is 9.84 Å². The first-order chi connectivity index (χ1) is 15.9. The number of aliphatic hydroxyl groups excluding tert-OH is 2. The highest BCUT2D eigenvalue weighted by atomic mass is 32.2. The quantitative estimate of drug-likeness (QED) is 0.290. The summed E-state index contributed by atoms with van der Waals surface area (Å²) in [6, 6.07) is 6.07. The van der Waals surface area contributed by atoms with Gasteiger partial charge < -0.3 is 19.9 Å². The lowest BCUT2D eigenvalue weighted by Gasteiger charge is -2.21. The molecule has 0 amide bonds. The number of rotatable bonds is 10. The molecular formula is C21H29N6O5S+. The maximum atomic E-state index is 12.3. The van der Waals surface area contributed by atoms with Gasteiger partial charge in [0.1, 0.15) is 0 Å². The standard InChI is InChI=1S/C21H28N6O5S/c28-11-16(29)10-24-33(30,31)17-8-6-15(7-9-17)25-21-26-19-18(22-13-23-19)20(27-21)32-12-14-4-2-1-3-5-14/h6-9,13-14,16,24,28-29H,1-5,10-12H2,(H2,22,23,25,26,27)/p+1. The number of sulfonamides is 1. The summed E-state index contributed by atoms with van der Waals surface area (Å²) in [5.74, 6) is 1.50. The van der Waals surface area contributed by atoms with Crippen LogP contribution in [0.25, 0.3) is 11.2 Å². The molecule has 1 aliphatic rings. The molecule has 0 saturated heterocycles. The van der Waals surface area contributed by atoms with Crippen LogP contribution in [0.2, 0.25) is 0 Å². The Morgan fingerprint density at radius 3 is 2.70 bits per heavy atom. The maximum absolute atomic E-state index is 12.3. The summed E-state index contributed by atoms with van der Waals surface area (Å²) in [7, 11) is -3.81. The van der Waals surface area contributed by atoms with Gasteiger partial charge in [0.05, 0.1) is 36.2 Å². The highest BCUT2D eigenvalue weighted by Crippen LogP contribution is 2.26. The number of hydrogen-bond donors (Lipinski definition) is 5. The molecule has 33 heavy (non-hydrogen) atoms. The van der Waals surface area contributed by atoms with Gasteiger partial charge in [-0.15, -0.1) is 0 Å². The van der Waals surface area contributed by atoms with Crippen molar-refractivity contribution < 1.29 is 28.4 Å². The molecule has 0 aliphatic heterocycles. The summed E-state index contributed by atoms with van der Waals surface area (Å²) in [4.78, 5) is 14.9. The fourth-order valence-corrected chi connectivity index (χ4v) is 4.85. The Bertz CT molecular complexity index is 1160. The number of anilines is 2. The van der Waals surface area contributed by atoms with Crippen LogP contribution in [0, 0.1) is 5.92 Å². The van der Waals surface area contributed by atoms with Crippen molar-refractivity contribution in [1.29, 1.82) is 0 Å². The fraction of sp³-hybridized carbons (Fsp3) is 0.476. The zero-order chi connectivity index (χ0) is 23.3. The van der Waals surface area contributed by atoms with Gasteiger partial charge >= 0.3 is 5.95 Å². The number of aromatic nitrogens is 4. The van der Waals surface area contributed by atoms with Gasteiger partial charge in [0.25, 0.3) is 11.5 Å². The average molecular weight is 478 g/mol. The Hall–Kier alpha value is -2.80. The Morgan fingerprint density at radius 2 is 1.97 bits per heavy atom. The largest absolute Gasteiger partial charge is 0.466 e. The van der Waals surface area contributed by atoms with Crippen LogP contribution in [0.4, 0.5) is 11.6 Å². The second kappa shape index (κ2) is 10.4. The number of hydrogen-bond acceptors (Lipinski definition) is 8. The topological polar surface area (TPSA) is 164 Å². The molecular weight excluding hydrogens is 448 g/mol. The van der Waals surface area contributed by atoms with E-state index in [0.29, 0.717) is 41.2 Å². The first-order valence-corrected chi connectivity index (χ1v) is 12.5. The van der Waals surface area contributed by atoms with Gasteiger partial charge in [-0.3, -0.25) is 0 Å². The third-order valence-electron chi connectivity index (χ3n) is 5.63.